The number of piperidine rings is 2. The van der Waals surface area contributed by atoms with E-state index < -0.39 is 0 Å². The Kier molecular flexibility index (Phi) is 5.77. The Morgan fingerprint density at radius 3 is 2.85 bits per heavy atom. The van der Waals surface area contributed by atoms with Crippen LogP contribution in [0.2, 0.25) is 0 Å². The Morgan fingerprint density at radius 1 is 1.11 bits per heavy atom. The number of benzene rings is 1. The zero-order valence-corrected chi connectivity index (χ0v) is 16.2. The van der Waals surface area contributed by atoms with Crippen molar-refractivity contribution < 1.29 is 9.59 Å². The van der Waals surface area contributed by atoms with Crippen LogP contribution in [0.1, 0.15) is 60.9 Å². The van der Waals surface area contributed by atoms with Crippen molar-refractivity contribution in [3.63, 3.8) is 0 Å². The molecule has 5 nitrogen and oxygen atoms in total. The summed E-state index contributed by atoms with van der Waals surface area (Å²) in [5, 5.41) is 3.17. The minimum absolute atomic E-state index is 0.102. The molecule has 27 heavy (non-hydrogen) atoms. The molecule has 4 rings (SSSR count). The number of carbonyl (C=O) groups excluding carboxylic acids is 2. The molecular formula is C22H31N3O2. The molecule has 1 aromatic rings. The molecule has 1 N–H and O–H groups in total. The summed E-state index contributed by atoms with van der Waals surface area (Å²) < 4.78 is 0. The molecule has 3 aliphatic rings. The number of nitrogens with one attached hydrogen (secondary N) is 1. The van der Waals surface area contributed by atoms with Crippen LogP contribution in [0.25, 0.3) is 0 Å². The number of carbonyl (C=O) groups is 2. The summed E-state index contributed by atoms with van der Waals surface area (Å²) in [7, 11) is 0. The second-order valence-corrected chi connectivity index (χ2v) is 8.29. The Hall–Kier alpha value is -1.88. The van der Waals surface area contributed by atoms with Gasteiger partial charge in [0.25, 0.3) is 5.91 Å². The number of amides is 2. The van der Waals surface area contributed by atoms with Crippen LogP contribution < -0.4 is 5.32 Å². The van der Waals surface area contributed by atoms with Crippen molar-refractivity contribution in [2.75, 3.05) is 26.2 Å². The third kappa shape index (κ3) is 4.18. The monoisotopic (exact) mass is 369 g/mol. The van der Waals surface area contributed by atoms with Crippen molar-refractivity contribution in [2.45, 2.75) is 57.5 Å². The topological polar surface area (TPSA) is 52.7 Å². The molecular weight excluding hydrogens is 338 g/mol. The van der Waals surface area contributed by atoms with E-state index in [1.807, 2.05) is 29.2 Å². The average Bonchev–Trinajstić information content (AvgIpc) is 3.02. The van der Waals surface area contributed by atoms with E-state index in [4.69, 9.17) is 0 Å². The number of nitrogens with zero attached hydrogens (tertiary/aromatic N) is 2. The highest BCUT2D eigenvalue weighted by molar-refractivity contribution is 5.98. The van der Waals surface area contributed by atoms with Gasteiger partial charge in [0.15, 0.2) is 0 Å². The van der Waals surface area contributed by atoms with Gasteiger partial charge in [-0.25, -0.2) is 0 Å². The maximum Gasteiger partial charge on any atom is 0.254 e. The van der Waals surface area contributed by atoms with Crippen LogP contribution in [0.5, 0.6) is 0 Å². The van der Waals surface area contributed by atoms with Crippen LogP contribution >= 0.6 is 0 Å². The molecule has 2 fully saturated rings. The van der Waals surface area contributed by atoms with Gasteiger partial charge < -0.3 is 15.1 Å². The molecule has 2 saturated heterocycles. The first-order valence-electron chi connectivity index (χ1n) is 10.6. The van der Waals surface area contributed by atoms with Gasteiger partial charge in [-0.05, 0) is 62.7 Å². The number of rotatable bonds is 6. The van der Waals surface area contributed by atoms with Gasteiger partial charge in [-0.2, -0.15) is 0 Å². The van der Waals surface area contributed by atoms with Crippen LogP contribution in [-0.2, 0) is 11.3 Å². The van der Waals surface area contributed by atoms with E-state index in [9.17, 15) is 9.59 Å². The van der Waals surface area contributed by atoms with Gasteiger partial charge in [0.2, 0.25) is 5.91 Å². The molecule has 0 radical (unpaired) electrons. The Bertz CT molecular complexity index is 688. The SMILES string of the molecule is O=C(CCCN1Cc2ccccc2C1=O)NCC1CCCN2CCCCC12. The highest BCUT2D eigenvalue weighted by atomic mass is 16.2. The van der Waals surface area contributed by atoms with Gasteiger partial charge in [-0.3, -0.25) is 9.59 Å². The van der Waals surface area contributed by atoms with E-state index in [0.717, 1.165) is 24.1 Å². The summed E-state index contributed by atoms with van der Waals surface area (Å²) in [6.07, 6.45) is 7.67. The lowest BCUT2D eigenvalue weighted by molar-refractivity contribution is -0.121. The second-order valence-electron chi connectivity index (χ2n) is 8.29. The van der Waals surface area contributed by atoms with Crippen LogP contribution in [-0.4, -0.2) is 53.8 Å². The number of fused-ring (bicyclic) bond motifs is 2. The van der Waals surface area contributed by atoms with Gasteiger partial charge >= 0.3 is 0 Å². The zero-order chi connectivity index (χ0) is 18.6. The van der Waals surface area contributed by atoms with E-state index in [1.165, 1.54) is 45.2 Å². The first-order chi connectivity index (χ1) is 13.2. The van der Waals surface area contributed by atoms with Crippen molar-refractivity contribution >= 4 is 11.8 Å². The molecule has 2 amide bonds. The van der Waals surface area contributed by atoms with Gasteiger partial charge in [-0.1, -0.05) is 24.6 Å². The number of hydrogen-bond acceptors (Lipinski definition) is 3. The molecule has 0 bridgehead atoms. The minimum Gasteiger partial charge on any atom is -0.356 e. The van der Waals surface area contributed by atoms with Gasteiger partial charge in [0, 0.05) is 37.7 Å². The lowest BCUT2D eigenvalue weighted by Crippen LogP contribution is -2.51. The molecule has 3 heterocycles. The fraction of sp³-hybridized carbons (Fsp3) is 0.636. The fourth-order valence-corrected chi connectivity index (χ4v) is 5.07. The van der Waals surface area contributed by atoms with Crippen LogP contribution in [0.15, 0.2) is 24.3 Å². The lowest BCUT2D eigenvalue weighted by atomic mass is 9.83. The summed E-state index contributed by atoms with van der Waals surface area (Å²) >= 11 is 0. The van der Waals surface area contributed by atoms with Gasteiger partial charge in [0.05, 0.1) is 0 Å². The van der Waals surface area contributed by atoms with Crippen molar-refractivity contribution in [1.29, 1.82) is 0 Å². The Labute approximate surface area is 162 Å². The van der Waals surface area contributed by atoms with E-state index in [-0.39, 0.29) is 11.8 Å². The normalized spacial score (nSPS) is 25.2. The largest absolute Gasteiger partial charge is 0.356 e. The highest BCUT2D eigenvalue weighted by Gasteiger charge is 2.33. The first-order valence-corrected chi connectivity index (χ1v) is 10.6. The number of hydrogen-bond donors (Lipinski definition) is 1. The smallest absolute Gasteiger partial charge is 0.254 e. The summed E-state index contributed by atoms with van der Waals surface area (Å²) in [6, 6.07) is 8.46. The predicted molar refractivity (Wildman–Crippen MR) is 105 cm³/mol. The van der Waals surface area contributed by atoms with Crippen molar-refractivity contribution in [3.8, 4) is 0 Å². The Balaban J connectivity index is 1.18. The van der Waals surface area contributed by atoms with E-state index in [1.54, 1.807) is 0 Å². The molecule has 0 aromatic heterocycles. The third-order valence-electron chi connectivity index (χ3n) is 6.52. The summed E-state index contributed by atoms with van der Waals surface area (Å²) in [6.45, 7) is 4.62. The molecule has 2 atom stereocenters. The van der Waals surface area contributed by atoms with Crippen LogP contribution in [0, 0.1) is 5.92 Å². The molecule has 3 aliphatic heterocycles. The Morgan fingerprint density at radius 2 is 1.96 bits per heavy atom. The first kappa shape index (κ1) is 18.5. The van der Waals surface area contributed by atoms with E-state index >= 15 is 0 Å². The zero-order valence-electron chi connectivity index (χ0n) is 16.2. The predicted octanol–water partition coefficient (Wildman–Crippen LogP) is 2.80. The van der Waals surface area contributed by atoms with Crippen molar-refractivity contribution in [2.24, 2.45) is 5.92 Å². The summed E-state index contributed by atoms with van der Waals surface area (Å²) in [5.41, 5.74) is 1.91. The van der Waals surface area contributed by atoms with E-state index in [0.29, 0.717) is 31.5 Å². The molecule has 0 aliphatic carbocycles. The molecule has 2 unspecified atom stereocenters. The van der Waals surface area contributed by atoms with Gasteiger partial charge in [0.1, 0.15) is 0 Å². The molecule has 1 aromatic carbocycles. The van der Waals surface area contributed by atoms with Crippen molar-refractivity contribution in [3.05, 3.63) is 35.4 Å². The maximum atomic E-state index is 12.4. The minimum atomic E-state index is 0.102. The molecule has 0 spiro atoms. The quantitative estimate of drug-likeness (QED) is 0.839. The molecule has 5 heteroatoms. The van der Waals surface area contributed by atoms with E-state index in [2.05, 4.69) is 10.2 Å². The molecule has 0 saturated carbocycles. The van der Waals surface area contributed by atoms with Crippen LogP contribution in [0.3, 0.4) is 0 Å². The lowest BCUT2D eigenvalue weighted by Gasteiger charge is -2.44. The summed E-state index contributed by atoms with van der Waals surface area (Å²) in [5.74, 6) is 0.843. The van der Waals surface area contributed by atoms with Gasteiger partial charge in [-0.15, -0.1) is 0 Å². The van der Waals surface area contributed by atoms with Crippen LogP contribution in [0.4, 0.5) is 0 Å². The standard InChI is InChI=1S/C22H31N3O2/c26-21(23-15-17-8-5-13-24-12-4-3-10-20(17)24)11-6-14-25-16-18-7-1-2-9-19(18)22(25)27/h1-2,7,9,17,20H,3-6,8,10-16H2,(H,23,26). The second kappa shape index (κ2) is 8.42. The summed E-state index contributed by atoms with van der Waals surface area (Å²) in [4.78, 5) is 29.1. The van der Waals surface area contributed by atoms with Crippen molar-refractivity contribution in [1.82, 2.24) is 15.1 Å². The fourth-order valence-electron chi connectivity index (χ4n) is 5.07. The third-order valence-corrected chi connectivity index (χ3v) is 6.52. The maximum absolute atomic E-state index is 12.4. The highest BCUT2D eigenvalue weighted by Crippen LogP contribution is 2.30. The average molecular weight is 370 g/mol. The molecule has 146 valence electrons.